The first kappa shape index (κ1) is 20.1. The number of amides is 1. The molecule has 4 nitrogen and oxygen atoms in total. The largest absolute Gasteiger partial charge is 0.352 e. The Balaban J connectivity index is 1.65. The minimum atomic E-state index is -0.0236. The molecule has 0 bridgehead atoms. The average molecular weight is 378 g/mol. The highest BCUT2D eigenvalue weighted by molar-refractivity contribution is 5.94. The Hall–Kier alpha value is -2.62. The number of fused-ring (bicyclic) bond motifs is 1. The van der Waals surface area contributed by atoms with Crippen LogP contribution in [0.5, 0.6) is 0 Å². The van der Waals surface area contributed by atoms with Crippen molar-refractivity contribution in [2.45, 2.75) is 53.0 Å². The van der Waals surface area contributed by atoms with Crippen LogP contribution in [0.2, 0.25) is 0 Å². The lowest BCUT2D eigenvalue weighted by atomic mass is 9.87. The Morgan fingerprint density at radius 1 is 1.14 bits per heavy atom. The van der Waals surface area contributed by atoms with E-state index in [0.717, 1.165) is 18.6 Å². The normalized spacial score (nSPS) is 11.9. The van der Waals surface area contributed by atoms with Crippen LogP contribution in [0.4, 0.5) is 0 Å². The Morgan fingerprint density at radius 3 is 2.50 bits per heavy atom. The molecule has 28 heavy (non-hydrogen) atoms. The fourth-order valence-electron chi connectivity index (χ4n) is 3.46. The molecule has 0 atom stereocenters. The van der Waals surface area contributed by atoms with Crippen LogP contribution in [0.15, 0.2) is 48.8 Å². The summed E-state index contributed by atoms with van der Waals surface area (Å²) in [6.07, 6.45) is 4.81. The smallest absolute Gasteiger partial charge is 0.251 e. The summed E-state index contributed by atoms with van der Waals surface area (Å²) < 4.78 is 2.22. The molecule has 1 amide bonds. The van der Waals surface area contributed by atoms with Crippen molar-refractivity contribution in [1.29, 1.82) is 0 Å². The lowest BCUT2D eigenvalue weighted by Gasteiger charge is -2.19. The first-order valence-electron chi connectivity index (χ1n) is 10.1. The summed E-state index contributed by atoms with van der Waals surface area (Å²) in [4.78, 5) is 17.0. The zero-order chi connectivity index (χ0) is 20.3. The van der Waals surface area contributed by atoms with E-state index in [2.05, 4.69) is 61.7 Å². The second-order valence-electron chi connectivity index (χ2n) is 8.91. The van der Waals surface area contributed by atoms with Crippen LogP contribution in [-0.2, 0) is 18.4 Å². The number of benzene rings is 1. The van der Waals surface area contributed by atoms with Crippen molar-refractivity contribution >= 4 is 16.9 Å². The number of nitrogens with zero attached hydrogens (tertiary/aromatic N) is 2. The molecule has 3 rings (SSSR count). The van der Waals surface area contributed by atoms with Crippen LogP contribution in [0.25, 0.3) is 11.0 Å². The van der Waals surface area contributed by atoms with E-state index in [9.17, 15) is 4.79 Å². The van der Waals surface area contributed by atoms with Crippen LogP contribution in [0.3, 0.4) is 0 Å². The molecule has 1 aromatic carbocycles. The molecule has 0 aliphatic rings. The SMILES string of the molecule is CC(C)Cn1cc(CCNC(=O)c2ccc(C(C)(C)C)cc2)c2cccnc21. The highest BCUT2D eigenvalue weighted by atomic mass is 16.1. The lowest BCUT2D eigenvalue weighted by Crippen LogP contribution is -2.25. The number of rotatable bonds is 6. The van der Waals surface area contributed by atoms with Crippen molar-refractivity contribution in [3.63, 3.8) is 0 Å². The molecule has 0 saturated heterocycles. The van der Waals surface area contributed by atoms with Gasteiger partial charge in [0.1, 0.15) is 5.65 Å². The molecule has 2 heterocycles. The predicted octanol–water partition coefficient (Wildman–Crippen LogP) is 4.96. The van der Waals surface area contributed by atoms with E-state index in [1.165, 1.54) is 16.5 Å². The quantitative estimate of drug-likeness (QED) is 0.660. The summed E-state index contributed by atoms with van der Waals surface area (Å²) in [5.41, 5.74) is 4.28. The number of pyridine rings is 1. The van der Waals surface area contributed by atoms with Gasteiger partial charge in [0.25, 0.3) is 5.91 Å². The van der Waals surface area contributed by atoms with E-state index in [4.69, 9.17) is 0 Å². The average Bonchev–Trinajstić information content (AvgIpc) is 2.98. The molecule has 0 spiro atoms. The van der Waals surface area contributed by atoms with Gasteiger partial charge >= 0.3 is 0 Å². The Kier molecular flexibility index (Phi) is 5.87. The first-order chi connectivity index (χ1) is 13.3. The van der Waals surface area contributed by atoms with E-state index in [0.29, 0.717) is 18.0 Å². The van der Waals surface area contributed by atoms with Crippen LogP contribution >= 0.6 is 0 Å². The molecule has 1 N–H and O–H groups in total. The standard InChI is InChI=1S/C24H31N3O/c1-17(2)15-27-16-19(21-7-6-13-25-22(21)27)12-14-26-23(28)18-8-10-20(11-9-18)24(3,4)5/h6-11,13,16-17H,12,14-15H2,1-5H3,(H,26,28). The van der Waals surface area contributed by atoms with E-state index >= 15 is 0 Å². The van der Waals surface area contributed by atoms with Gasteiger partial charge in [0.2, 0.25) is 0 Å². The molecule has 0 radical (unpaired) electrons. The van der Waals surface area contributed by atoms with Gasteiger partial charge in [-0.15, -0.1) is 0 Å². The topological polar surface area (TPSA) is 46.9 Å². The van der Waals surface area contributed by atoms with Crippen molar-refractivity contribution < 1.29 is 4.79 Å². The Morgan fingerprint density at radius 2 is 1.86 bits per heavy atom. The van der Waals surface area contributed by atoms with Gasteiger partial charge in [-0.25, -0.2) is 4.98 Å². The summed E-state index contributed by atoms with van der Waals surface area (Å²) in [5.74, 6) is 0.533. The summed E-state index contributed by atoms with van der Waals surface area (Å²) in [6, 6.07) is 12.0. The zero-order valence-corrected chi connectivity index (χ0v) is 17.6. The molecule has 0 aliphatic heterocycles. The number of nitrogens with one attached hydrogen (secondary N) is 1. The molecule has 0 fully saturated rings. The summed E-state index contributed by atoms with van der Waals surface area (Å²) in [5, 5.41) is 4.22. The third kappa shape index (κ3) is 4.61. The number of hydrogen-bond acceptors (Lipinski definition) is 2. The van der Waals surface area contributed by atoms with Gasteiger partial charge in [-0.2, -0.15) is 0 Å². The van der Waals surface area contributed by atoms with Crippen molar-refractivity contribution in [3.8, 4) is 0 Å². The molecular weight excluding hydrogens is 346 g/mol. The number of carbonyl (C=O) groups excluding carboxylic acids is 1. The Bertz CT molecular complexity index is 946. The highest BCUT2D eigenvalue weighted by Gasteiger charge is 2.15. The van der Waals surface area contributed by atoms with Gasteiger partial charge in [-0.3, -0.25) is 4.79 Å². The number of carbonyl (C=O) groups is 1. The summed E-state index contributed by atoms with van der Waals surface area (Å²) in [7, 11) is 0. The van der Waals surface area contributed by atoms with Crippen molar-refractivity contribution in [3.05, 3.63) is 65.5 Å². The van der Waals surface area contributed by atoms with Crippen LogP contribution in [0.1, 0.15) is 56.1 Å². The van der Waals surface area contributed by atoms with Gasteiger partial charge in [-0.1, -0.05) is 46.8 Å². The molecule has 0 aliphatic carbocycles. The second kappa shape index (κ2) is 8.17. The van der Waals surface area contributed by atoms with E-state index in [1.54, 1.807) is 0 Å². The number of aromatic nitrogens is 2. The molecule has 2 aromatic heterocycles. The second-order valence-corrected chi connectivity index (χ2v) is 8.91. The van der Waals surface area contributed by atoms with Crippen LogP contribution in [0, 0.1) is 5.92 Å². The van der Waals surface area contributed by atoms with Crippen LogP contribution < -0.4 is 5.32 Å². The monoisotopic (exact) mass is 377 g/mol. The molecular formula is C24H31N3O. The zero-order valence-electron chi connectivity index (χ0n) is 17.6. The minimum Gasteiger partial charge on any atom is -0.352 e. The van der Waals surface area contributed by atoms with Gasteiger partial charge in [0, 0.05) is 36.4 Å². The highest BCUT2D eigenvalue weighted by Crippen LogP contribution is 2.23. The van der Waals surface area contributed by atoms with Crippen LogP contribution in [-0.4, -0.2) is 22.0 Å². The van der Waals surface area contributed by atoms with E-state index in [1.807, 2.05) is 36.5 Å². The molecule has 148 valence electrons. The van der Waals surface area contributed by atoms with Gasteiger partial charge in [0.05, 0.1) is 0 Å². The van der Waals surface area contributed by atoms with Crippen molar-refractivity contribution in [2.75, 3.05) is 6.54 Å². The number of hydrogen-bond donors (Lipinski definition) is 1. The molecule has 3 aromatic rings. The summed E-state index contributed by atoms with van der Waals surface area (Å²) >= 11 is 0. The molecule has 0 unspecified atom stereocenters. The summed E-state index contributed by atoms with van der Waals surface area (Å²) in [6.45, 7) is 12.5. The lowest BCUT2D eigenvalue weighted by molar-refractivity contribution is 0.0954. The fourth-order valence-corrected chi connectivity index (χ4v) is 3.46. The fraction of sp³-hybridized carbons (Fsp3) is 0.417. The van der Waals surface area contributed by atoms with Gasteiger partial charge < -0.3 is 9.88 Å². The van der Waals surface area contributed by atoms with E-state index < -0.39 is 0 Å². The van der Waals surface area contributed by atoms with Crippen molar-refractivity contribution in [1.82, 2.24) is 14.9 Å². The first-order valence-corrected chi connectivity index (χ1v) is 10.1. The maximum absolute atomic E-state index is 12.5. The third-order valence-corrected chi connectivity index (χ3v) is 4.97. The van der Waals surface area contributed by atoms with E-state index in [-0.39, 0.29) is 11.3 Å². The van der Waals surface area contributed by atoms with Gasteiger partial charge in [-0.05, 0) is 53.1 Å². The maximum Gasteiger partial charge on any atom is 0.251 e. The Labute approximate surface area is 168 Å². The third-order valence-electron chi connectivity index (χ3n) is 4.97. The molecule has 4 heteroatoms. The minimum absolute atomic E-state index is 0.0236. The maximum atomic E-state index is 12.5. The van der Waals surface area contributed by atoms with Crippen molar-refractivity contribution in [2.24, 2.45) is 5.92 Å². The molecule has 0 saturated carbocycles. The van der Waals surface area contributed by atoms with Gasteiger partial charge in [0.15, 0.2) is 0 Å². The predicted molar refractivity (Wildman–Crippen MR) is 116 cm³/mol.